The summed E-state index contributed by atoms with van der Waals surface area (Å²) < 4.78 is 0. The van der Waals surface area contributed by atoms with Crippen LogP contribution < -0.4 is 10.9 Å². The van der Waals surface area contributed by atoms with Crippen LogP contribution in [0.2, 0.25) is 5.15 Å². The predicted octanol–water partition coefficient (Wildman–Crippen LogP) is 1.00. The molecular weight excluding hydrogens is 176 g/mol. The van der Waals surface area contributed by atoms with Crippen molar-refractivity contribution in [2.45, 2.75) is 13.3 Å². The molecule has 2 N–H and O–H groups in total. The lowest BCUT2D eigenvalue weighted by Gasteiger charge is -2.12. The van der Waals surface area contributed by atoms with E-state index in [-0.39, 0.29) is 0 Å². The van der Waals surface area contributed by atoms with E-state index in [9.17, 15) is 0 Å². The first-order valence-electron chi connectivity index (χ1n) is 3.65. The van der Waals surface area contributed by atoms with Crippen LogP contribution in [0.25, 0.3) is 0 Å². The summed E-state index contributed by atoms with van der Waals surface area (Å²) in [4.78, 5) is 0. The quantitative estimate of drug-likeness (QED) is 0.553. The van der Waals surface area contributed by atoms with Gasteiger partial charge >= 0.3 is 0 Å². The Kier molecular flexibility index (Phi) is 2.83. The summed E-state index contributed by atoms with van der Waals surface area (Å²) in [5.74, 6) is 5.52. The zero-order valence-electron chi connectivity index (χ0n) is 7.08. The molecule has 0 aliphatic rings. The van der Waals surface area contributed by atoms with Crippen LogP contribution in [0.5, 0.6) is 0 Å². The fourth-order valence-electron chi connectivity index (χ4n) is 0.826. The molecule has 0 saturated carbocycles. The minimum Gasteiger partial charge on any atom is -0.311 e. The summed E-state index contributed by atoms with van der Waals surface area (Å²) in [6.07, 6.45) is 0.824. The molecule has 0 aliphatic carbocycles. The molecule has 0 unspecified atom stereocenters. The van der Waals surface area contributed by atoms with Gasteiger partial charge in [-0.05, 0) is 12.5 Å². The zero-order chi connectivity index (χ0) is 9.14. The van der Waals surface area contributed by atoms with Crippen molar-refractivity contribution in [3.05, 3.63) is 16.9 Å². The maximum atomic E-state index is 5.75. The van der Waals surface area contributed by atoms with Crippen molar-refractivity contribution < 1.29 is 0 Å². The molecule has 0 aliphatic heterocycles. The highest BCUT2D eigenvalue weighted by Gasteiger charge is 2.05. The smallest absolute Gasteiger partial charge is 0.176 e. The third-order valence-electron chi connectivity index (χ3n) is 1.52. The average molecular weight is 187 g/mol. The van der Waals surface area contributed by atoms with Gasteiger partial charge in [0.2, 0.25) is 0 Å². The van der Waals surface area contributed by atoms with Crippen LogP contribution in [0.15, 0.2) is 6.07 Å². The highest BCUT2D eigenvalue weighted by atomic mass is 35.5. The van der Waals surface area contributed by atoms with E-state index in [2.05, 4.69) is 10.2 Å². The van der Waals surface area contributed by atoms with Crippen LogP contribution in [0.4, 0.5) is 5.69 Å². The molecule has 5 heteroatoms. The van der Waals surface area contributed by atoms with Gasteiger partial charge in [0.25, 0.3) is 0 Å². The van der Waals surface area contributed by atoms with Gasteiger partial charge in [-0.3, -0.25) is 0 Å². The second kappa shape index (κ2) is 3.69. The Morgan fingerprint density at radius 3 is 2.75 bits per heavy atom. The van der Waals surface area contributed by atoms with E-state index in [1.807, 2.05) is 13.0 Å². The van der Waals surface area contributed by atoms with Crippen LogP contribution in [-0.2, 0) is 6.42 Å². The van der Waals surface area contributed by atoms with Gasteiger partial charge in [-0.1, -0.05) is 18.5 Å². The molecule has 0 amide bonds. The zero-order valence-corrected chi connectivity index (χ0v) is 7.84. The van der Waals surface area contributed by atoms with E-state index in [1.54, 1.807) is 7.05 Å². The van der Waals surface area contributed by atoms with Gasteiger partial charge < -0.3 is 5.01 Å². The molecule has 0 saturated heterocycles. The van der Waals surface area contributed by atoms with Crippen LogP contribution in [0.1, 0.15) is 12.6 Å². The minimum atomic E-state index is 0.331. The molecule has 0 bridgehead atoms. The monoisotopic (exact) mass is 186 g/mol. The largest absolute Gasteiger partial charge is 0.311 e. The minimum absolute atomic E-state index is 0.331. The summed E-state index contributed by atoms with van der Waals surface area (Å²) in [5.41, 5.74) is 1.58. The number of hydrazine groups is 1. The van der Waals surface area contributed by atoms with E-state index in [1.165, 1.54) is 5.01 Å². The van der Waals surface area contributed by atoms with Crippen LogP contribution in [-0.4, -0.2) is 17.2 Å². The molecule has 0 radical (unpaired) electrons. The van der Waals surface area contributed by atoms with Gasteiger partial charge in [-0.15, -0.1) is 5.10 Å². The van der Waals surface area contributed by atoms with Gasteiger partial charge in [0.05, 0.1) is 11.4 Å². The van der Waals surface area contributed by atoms with Gasteiger partial charge in [0.15, 0.2) is 5.15 Å². The lowest BCUT2D eigenvalue weighted by Crippen LogP contribution is -2.25. The Labute approximate surface area is 76.3 Å². The van der Waals surface area contributed by atoms with Crippen molar-refractivity contribution in [3.63, 3.8) is 0 Å². The number of aromatic nitrogens is 2. The average Bonchev–Trinajstić information content (AvgIpc) is 2.05. The van der Waals surface area contributed by atoms with Crippen LogP contribution >= 0.6 is 11.6 Å². The van der Waals surface area contributed by atoms with Crippen molar-refractivity contribution in [2.24, 2.45) is 5.84 Å². The first kappa shape index (κ1) is 9.22. The number of nitrogens with two attached hydrogens (primary N) is 1. The molecule has 1 aromatic heterocycles. The fraction of sp³-hybridized carbons (Fsp3) is 0.429. The van der Waals surface area contributed by atoms with E-state index in [4.69, 9.17) is 17.4 Å². The topological polar surface area (TPSA) is 55.0 Å². The molecule has 0 aromatic carbocycles. The number of hydrogen-bond donors (Lipinski definition) is 1. The molecule has 0 fully saturated rings. The third-order valence-corrected chi connectivity index (χ3v) is 1.79. The Hall–Kier alpha value is -0.870. The predicted molar refractivity (Wildman–Crippen MR) is 49.0 cm³/mol. The molecule has 1 aromatic rings. The molecule has 0 atom stereocenters. The Balaban J connectivity index is 3.08. The molecule has 66 valence electrons. The summed E-state index contributed by atoms with van der Waals surface area (Å²) in [6, 6.07) is 1.83. The van der Waals surface area contributed by atoms with E-state index >= 15 is 0 Å². The maximum Gasteiger partial charge on any atom is 0.176 e. The summed E-state index contributed by atoms with van der Waals surface area (Å²) in [7, 11) is 1.71. The maximum absolute atomic E-state index is 5.75. The molecule has 0 spiro atoms. The lowest BCUT2D eigenvalue weighted by atomic mass is 10.3. The van der Waals surface area contributed by atoms with Gasteiger partial charge in [-0.2, -0.15) is 5.10 Å². The number of rotatable bonds is 2. The molecule has 1 rings (SSSR count). The van der Waals surface area contributed by atoms with Gasteiger partial charge in [0.1, 0.15) is 0 Å². The first-order valence-corrected chi connectivity index (χ1v) is 4.03. The fourth-order valence-corrected chi connectivity index (χ4v) is 1.05. The Bertz CT molecular complexity index is 274. The highest BCUT2D eigenvalue weighted by molar-refractivity contribution is 6.31. The van der Waals surface area contributed by atoms with Crippen molar-refractivity contribution in [1.29, 1.82) is 0 Å². The SMILES string of the molecule is CCc1cc(N(C)N)c(Cl)nn1. The molecular formula is C7H11ClN4. The normalized spacial score (nSPS) is 10.0. The second-order valence-corrected chi connectivity index (χ2v) is 2.83. The van der Waals surface area contributed by atoms with E-state index in [0.29, 0.717) is 10.8 Å². The lowest BCUT2D eigenvalue weighted by molar-refractivity contribution is 0.898. The van der Waals surface area contributed by atoms with Crippen molar-refractivity contribution in [2.75, 3.05) is 12.1 Å². The van der Waals surface area contributed by atoms with E-state index < -0.39 is 0 Å². The second-order valence-electron chi connectivity index (χ2n) is 2.48. The summed E-state index contributed by atoms with van der Waals surface area (Å²) in [6.45, 7) is 2.00. The van der Waals surface area contributed by atoms with Crippen molar-refractivity contribution in [3.8, 4) is 0 Å². The molecule has 12 heavy (non-hydrogen) atoms. The number of nitrogens with zero attached hydrogens (tertiary/aromatic N) is 3. The van der Waals surface area contributed by atoms with Crippen molar-refractivity contribution in [1.82, 2.24) is 10.2 Å². The third kappa shape index (κ3) is 1.84. The highest BCUT2D eigenvalue weighted by Crippen LogP contribution is 2.20. The van der Waals surface area contributed by atoms with Gasteiger partial charge in [-0.25, -0.2) is 5.84 Å². The Morgan fingerprint density at radius 1 is 1.58 bits per heavy atom. The number of anilines is 1. The Morgan fingerprint density at radius 2 is 2.25 bits per heavy atom. The number of hydrogen-bond acceptors (Lipinski definition) is 4. The molecule has 1 heterocycles. The van der Waals surface area contributed by atoms with Crippen LogP contribution in [0, 0.1) is 0 Å². The summed E-state index contributed by atoms with van der Waals surface area (Å²) >= 11 is 5.75. The molecule has 4 nitrogen and oxygen atoms in total. The summed E-state index contributed by atoms with van der Waals surface area (Å²) in [5, 5.41) is 9.40. The van der Waals surface area contributed by atoms with Crippen molar-refractivity contribution >= 4 is 17.3 Å². The number of aryl methyl sites for hydroxylation is 1. The van der Waals surface area contributed by atoms with Crippen LogP contribution in [0.3, 0.4) is 0 Å². The number of halogens is 1. The van der Waals surface area contributed by atoms with E-state index in [0.717, 1.165) is 12.1 Å². The first-order chi connectivity index (χ1) is 5.65. The van der Waals surface area contributed by atoms with Gasteiger partial charge in [0, 0.05) is 7.05 Å². The standard InChI is InChI=1S/C7H11ClN4/c1-3-5-4-6(12(2)9)7(8)11-10-5/h4H,3,9H2,1-2H3.